The van der Waals surface area contributed by atoms with Crippen molar-refractivity contribution in [1.82, 2.24) is 9.97 Å². The van der Waals surface area contributed by atoms with E-state index < -0.39 is 5.91 Å². The summed E-state index contributed by atoms with van der Waals surface area (Å²) in [5, 5.41) is 4.26. The average Bonchev–Trinajstić information content (AvgIpc) is 3.03. The zero-order chi connectivity index (χ0) is 16.2. The third-order valence-electron chi connectivity index (χ3n) is 3.62. The van der Waals surface area contributed by atoms with Crippen molar-refractivity contribution in [3.63, 3.8) is 0 Å². The molecule has 4 N–H and O–H groups in total. The van der Waals surface area contributed by atoms with Crippen molar-refractivity contribution in [3.05, 3.63) is 48.2 Å². The highest BCUT2D eigenvalue weighted by Gasteiger charge is 2.09. The summed E-state index contributed by atoms with van der Waals surface area (Å²) in [7, 11) is 1.66. The van der Waals surface area contributed by atoms with Crippen LogP contribution in [-0.4, -0.2) is 36.1 Å². The molecule has 2 aromatic heterocycles. The zero-order valence-electron chi connectivity index (χ0n) is 12.8. The molecule has 0 aliphatic rings. The lowest BCUT2D eigenvalue weighted by atomic mass is 10.0. The molecule has 0 bridgehead atoms. The van der Waals surface area contributed by atoms with Crippen LogP contribution in [0.25, 0.3) is 22.2 Å². The Hall–Kier alpha value is -2.86. The van der Waals surface area contributed by atoms with Gasteiger partial charge in [-0.3, -0.25) is 4.79 Å². The molecule has 3 rings (SSSR count). The Balaban J connectivity index is 2.00. The van der Waals surface area contributed by atoms with Gasteiger partial charge in [0.05, 0.1) is 6.61 Å². The summed E-state index contributed by atoms with van der Waals surface area (Å²) in [4.78, 5) is 18.9. The van der Waals surface area contributed by atoms with Crippen LogP contribution < -0.4 is 11.1 Å². The number of nitrogens with one attached hydrogen (secondary N) is 2. The first-order valence-electron chi connectivity index (χ1n) is 7.30. The molecular weight excluding hydrogens is 292 g/mol. The molecule has 0 fully saturated rings. The number of hydrogen-bond acceptors (Lipinski definition) is 4. The number of carbonyl (C=O) groups excluding carboxylic acids is 1. The van der Waals surface area contributed by atoms with Crippen LogP contribution in [0.2, 0.25) is 0 Å². The van der Waals surface area contributed by atoms with Crippen LogP contribution in [-0.2, 0) is 4.74 Å². The van der Waals surface area contributed by atoms with E-state index in [1.807, 2.05) is 30.5 Å². The number of primary amides is 1. The molecule has 1 amide bonds. The summed E-state index contributed by atoms with van der Waals surface area (Å²) < 4.78 is 5.04. The summed E-state index contributed by atoms with van der Waals surface area (Å²) in [6.45, 7) is 1.28. The molecule has 6 heteroatoms. The molecule has 1 aromatic carbocycles. The van der Waals surface area contributed by atoms with Crippen LogP contribution in [0.3, 0.4) is 0 Å². The highest BCUT2D eigenvalue weighted by atomic mass is 16.5. The Morgan fingerprint density at radius 3 is 2.78 bits per heavy atom. The van der Waals surface area contributed by atoms with E-state index in [-0.39, 0.29) is 0 Å². The second kappa shape index (κ2) is 6.50. The maximum Gasteiger partial charge on any atom is 0.248 e. The molecule has 0 spiro atoms. The van der Waals surface area contributed by atoms with E-state index in [0.717, 1.165) is 28.0 Å². The summed E-state index contributed by atoms with van der Waals surface area (Å²) in [6, 6.07) is 11.2. The number of methoxy groups -OCH3 is 1. The van der Waals surface area contributed by atoms with Crippen LogP contribution in [0.1, 0.15) is 10.4 Å². The molecule has 0 saturated heterocycles. The fourth-order valence-electron chi connectivity index (χ4n) is 2.46. The van der Waals surface area contributed by atoms with Gasteiger partial charge in [0.2, 0.25) is 5.91 Å². The zero-order valence-corrected chi connectivity index (χ0v) is 12.8. The first-order valence-corrected chi connectivity index (χ1v) is 7.30. The lowest BCUT2D eigenvalue weighted by molar-refractivity contribution is 0.100. The molecule has 6 nitrogen and oxygen atoms in total. The number of nitrogens with two attached hydrogens (primary N) is 1. The van der Waals surface area contributed by atoms with Gasteiger partial charge in [0.1, 0.15) is 11.5 Å². The van der Waals surface area contributed by atoms with Crippen LogP contribution in [0.4, 0.5) is 5.82 Å². The number of anilines is 1. The number of fused-ring (bicyclic) bond motifs is 1. The Labute approximate surface area is 133 Å². The van der Waals surface area contributed by atoms with Crippen molar-refractivity contribution >= 4 is 22.8 Å². The van der Waals surface area contributed by atoms with Crippen LogP contribution in [0.15, 0.2) is 42.6 Å². The quantitative estimate of drug-likeness (QED) is 0.609. The molecule has 0 saturated carbocycles. The van der Waals surface area contributed by atoms with Gasteiger partial charge in [0.25, 0.3) is 0 Å². The van der Waals surface area contributed by atoms with E-state index in [4.69, 9.17) is 10.5 Å². The maximum absolute atomic E-state index is 11.2. The lowest BCUT2D eigenvalue weighted by Crippen LogP contribution is -2.10. The smallest absolute Gasteiger partial charge is 0.248 e. The number of amides is 1. The number of hydrogen-bond donors (Lipinski definition) is 3. The van der Waals surface area contributed by atoms with Crippen LogP contribution in [0.5, 0.6) is 0 Å². The number of ether oxygens (including phenoxy) is 1. The summed E-state index contributed by atoms with van der Waals surface area (Å²) in [6.07, 6.45) is 1.86. The van der Waals surface area contributed by atoms with Crippen molar-refractivity contribution < 1.29 is 9.53 Å². The van der Waals surface area contributed by atoms with Crippen molar-refractivity contribution in [2.45, 2.75) is 0 Å². The minimum atomic E-state index is -0.431. The highest BCUT2D eigenvalue weighted by molar-refractivity contribution is 5.96. The minimum absolute atomic E-state index is 0.431. The number of benzene rings is 1. The first kappa shape index (κ1) is 15.1. The van der Waals surface area contributed by atoms with Crippen molar-refractivity contribution in [3.8, 4) is 11.1 Å². The fourth-order valence-corrected chi connectivity index (χ4v) is 2.46. The van der Waals surface area contributed by atoms with E-state index in [0.29, 0.717) is 18.7 Å². The summed E-state index contributed by atoms with van der Waals surface area (Å²) in [5.41, 5.74) is 8.62. The number of pyridine rings is 1. The number of carbonyl (C=O) groups is 1. The SMILES string of the molecule is COCCNc1cc(-c2ccc(C(N)=O)cc2)c2cc[nH]c2n1. The molecule has 2 heterocycles. The number of aromatic nitrogens is 2. The Morgan fingerprint density at radius 1 is 1.30 bits per heavy atom. The third kappa shape index (κ3) is 3.17. The Kier molecular flexibility index (Phi) is 4.25. The first-order chi connectivity index (χ1) is 11.2. The van der Waals surface area contributed by atoms with Gasteiger partial charge in [0.15, 0.2) is 0 Å². The van der Waals surface area contributed by atoms with Gasteiger partial charge in [-0.1, -0.05) is 12.1 Å². The standard InChI is InChI=1S/C17H18N4O2/c1-23-9-8-19-15-10-14(13-6-7-20-17(13)21-15)11-2-4-12(5-3-11)16(18)22/h2-7,10H,8-9H2,1H3,(H2,18,22)(H2,19,20,21). The molecule has 23 heavy (non-hydrogen) atoms. The van der Waals surface area contributed by atoms with Gasteiger partial charge >= 0.3 is 0 Å². The predicted molar refractivity (Wildman–Crippen MR) is 90.4 cm³/mol. The number of nitrogens with zero attached hydrogens (tertiary/aromatic N) is 1. The van der Waals surface area contributed by atoms with Gasteiger partial charge in [-0.25, -0.2) is 4.98 Å². The minimum Gasteiger partial charge on any atom is -0.383 e. The summed E-state index contributed by atoms with van der Waals surface area (Å²) in [5.74, 6) is 0.339. The second-order valence-corrected chi connectivity index (χ2v) is 5.16. The average molecular weight is 310 g/mol. The van der Waals surface area contributed by atoms with Gasteiger partial charge in [-0.05, 0) is 35.4 Å². The second-order valence-electron chi connectivity index (χ2n) is 5.16. The molecule has 0 aliphatic heterocycles. The lowest BCUT2D eigenvalue weighted by Gasteiger charge is -2.09. The molecule has 0 unspecified atom stereocenters. The highest BCUT2D eigenvalue weighted by Crippen LogP contribution is 2.30. The molecule has 0 aliphatic carbocycles. The summed E-state index contributed by atoms with van der Waals surface area (Å²) >= 11 is 0. The van der Waals surface area contributed by atoms with Crippen molar-refractivity contribution in [2.75, 3.05) is 25.6 Å². The largest absolute Gasteiger partial charge is 0.383 e. The van der Waals surface area contributed by atoms with Gasteiger partial charge in [-0.2, -0.15) is 0 Å². The topological polar surface area (TPSA) is 93.0 Å². The third-order valence-corrected chi connectivity index (χ3v) is 3.62. The molecule has 118 valence electrons. The predicted octanol–water partition coefficient (Wildman–Crippen LogP) is 2.39. The molecular formula is C17H18N4O2. The van der Waals surface area contributed by atoms with E-state index in [1.165, 1.54) is 0 Å². The van der Waals surface area contributed by atoms with E-state index in [9.17, 15) is 4.79 Å². The van der Waals surface area contributed by atoms with Crippen LogP contribution >= 0.6 is 0 Å². The van der Waals surface area contributed by atoms with E-state index in [2.05, 4.69) is 15.3 Å². The number of aromatic amines is 1. The molecule has 0 atom stereocenters. The van der Waals surface area contributed by atoms with Gasteiger partial charge in [0, 0.05) is 30.8 Å². The van der Waals surface area contributed by atoms with Gasteiger partial charge in [-0.15, -0.1) is 0 Å². The monoisotopic (exact) mass is 310 g/mol. The molecule has 0 radical (unpaired) electrons. The van der Waals surface area contributed by atoms with Crippen LogP contribution in [0, 0.1) is 0 Å². The Morgan fingerprint density at radius 2 is 2.09 bits per heavy atom. The van der Waals surface area contributed by atoms with E-state index in [1.54, 1.807) is 19.2 Å². The maximum atomic E-state index is 11.2. The fraction of sp³-hybridized carbons (Fsp3) is 0.176. The normalized spacial score (nSPS) is 10.8. The number of H-pyrrole nitrogens is 1. The van der Waals surface area contributed by atoms with Gasteiger partial charge < -0.3 is 20.8 Å². The van der Waals surface area contributed by atoms with E-state index >= 15 is 0 Å². The number of rotatable bonds is 6. The molecule has 3 aromatic rings. The van der Waals surface area contributed by atoms with Crippen molar-refractivity contribution in [1.29, 1.82) is 0 Å². The van der Waals surface area contributed by atoms with Crippen molar-refractivity contribution in [2.24, 2.45) is 5.73 Å². The Bertz CT molecular complexity index is 824.